The van der Waals surface area contributed by atoms with Gasteiger partial charge in [-0.25, -0.2) is 0 Å². The molecule has 12 heteroatoms. The number of hydrogen-bond donors (Lipinski definition) is 3. The van der Waals surface area contributed by atoms with Crippen LogP contribution in [0.1, 0.15) is 24.2 Å². The van der Waals surface area contributed by atoms with Gasteiger partial charge in [-0.3, -0.25) is 14.9 Å². The van der Waals surface area contributed by atoms with Crippen LogP contribution >= 0.6 is 0 Å². The molecule has 0 bridgehead atoms. The highest BCUT2D eigenvalue weighted by atomic mass is 15.4. The molecule has 2 aliphatic heterocycles. The van der Waals surface area contributed by atoms with E-state index in [-0.39, 0.29) is 0 Å². The van der Waals surface area contributed by atoms with Crippen LogP contribution in [0, 0.1) is 13.8 Å². The Morgan fingerprint density at radius 2 is 1.15 bits per heavy atom. The summed E-state index contributed by atoms with van der Waals surface area (Å²) >= 11 is 0. The number of piperazine rings is 1. The molecular weight excluding hydrogens is 600 g/mol. The van der Waals surface area contributed by atoms with E-state index in [1.807, 2.05) is 38.1 Å². The number of nitrogens with one attached hydrogen (secondary N) is 3. The Morgan fingerprint density at radius 3 is 1.62 bits per heavy atom. The average molecular weight is 647 g/mol. The lowest BCUT2D eigenvalue weighted by Gasteiger charge is -2.40. The highest BCUT2D eigenvalue weighted by Gasteiger charge is 2.27. The Hall–Kier alpha value is -4.81. The summed E-state index contributed by atoms with van der Waals surface area (Å²) in [5.41, 5.74) is 7.88. The van der Waals surface area contributed by atoms with Crippen LogP contribution in [-0.2, 0) is 0 Å². The molecule has 0 atom stereocenters. The molecule has 12 nitrogen and oxygen atoms in total. The van der Waals surface area contributed by atoms with Crippen LogP contribution < -0.4 is 30.7 Å². The standard InChI is InChI=1S/C36H46N12/c1-23-19-32(45(3)4)28-21-25(7-9-30(28)38-23)40-34-42-35(41-26-8-10-31-29(22-26)33(46(5)6)20-24(2)39-31)44-36(43-34)48-17-15-47(16-18-48)27-11-13-37-14-12-27/h7-10,19-22,27,37H,11-18H2,1-6H3,(H2,40,41,42,43,44). The molecule has 3 aromatic heterocycles. The first-order chi connectivity index (χ1) is 23.2. The van der Waals surface area contributed by atoms with Crippen molar-refractivity contribution >= 4 is 62.4 Å². The van der Waals surface area contributed by atoms with Gasteiger partial charge in [0.2, 0.25) is 17.8 Å². The Labute approximate surface area is 282 Å². The van der Waals surface area contributed by atoms with Gasteiger partial charge in [0.1, 0.15) is 0 Å². The van der Waals surface area contributed by atoms with E-state index < -0.39 is 0 Å². The molecule has 3 N–H and O–H groups in total. The minimum atomic E-state index is 0.487. The molecule has 0 aliphatic carbocycles. The summed E-state index contributed by atoms with van der Waals surface area (Å²) in [6.07, 6.45) is 2.42. The molecule has 0 radical (unpaired) electrons. The van der Waals surface area contributed by atoms with Gasteiger partial charge in [-0.05, 0) is 88.3 Å². The molecule has 7 rings (SSSR count). The Bertz CT molecular complexity index is 1810. The Morgan fingerprint density at radius 1 is 0.646 bits per heavy atom. The van der Waals surface area contributed by atoms with Gasteiger partial charge in [-0.15, -0.1) is 0 Å². The van der Waals surface area contributed by atoms with Crippen LogP contribution in [0.2, 0.25) is 0 Å². The summed E-state index contributed by atoms with van der Waals surface area (Å²) in [5, 5.41) is 12.6. The molecule has 0 saturated carbocycles. The van der Waals surface area contributed by atoms with Crippen molar-refractivity contribution in [2.24, 2.45) is 0 Å². The molecule has 0 spiro atoms. The highest BCUT2D eigenvalue weighted by Crippen LogP contribution is 2.31. The number of piperidine rings is 1. The van der Waals surface area contributed by atoms with Crippen molar-refractivity contribution in [2.45, 2.75) is 32.7 Å². The van der Waals surface area contributed by atoms with Crippen molar-refractivity contribution in [3.63, 3.8) is 0 Å². The Kier molecular flexibility index (Phi) is 8.84. The fourth-order valence-corrected chi connectivity index (χ4v) is 6.90. The zero-order chi connectivity index (χ0) is 33.4. The van der Waals surface area contributed by atoms with Gasteiger partial charge in [0, 0.05) is 105 Å². The second-order valence-corrected chi connectivity index (χ2v) is 13.4. The Balaban J connectivity index is 1.21. The maximum absolute atomic E-state index is 4.96. The molecule has 48 heavy (non-hydrogen) atoms. The van der Waals surface area contributed by atoms with E-state index in [1.165, 1.54) is 12.8 Å². The number of hydrogen-bond acceptors (Lipinski definition) is 12. The number of fused-ring (bicyclic) bond motifs is 2. The molecule has 0 unspecified atom stereocenters. The summed E-state index contributed by atoms with van der Waals surface area (Å²) < 4.78 is 0. The highest BCUT2D eigenvalue weighted by molar-refractivity contribution is 5.95. The number of rotatable bonds is 8. The SMILES string of the molecule is Cc1cc(N(C)C)c2cc(Nc3nc(Nc4ccc5nc(C)cc(N(C)C)c5c4)nc(N4CCN(C5CCNCC5)CC4)n3)ccc2n1. The molecule has 2 aliphatic rings. The second-order valence-electron chi connectivity index (χ2n) is 13.4. The molecular formula is C36H46N12. The summed E-state index contributed by atoms with van der Waals surface area (Å²) in [4.78, 5) is 33.5. The predicted octanol–water partition coefficient (Wildman–Crippen LogP) is 5.08. The monoisotopic (exact) mass is 646 g/mol. The first-order valence-electron chi connectivity index (χ1n) is 16.9. The zero-order valence-corrected chi connectivity index (χ0v) is 28.9. The van der Waals surface area contributed by atoms with Crippen LogP contribution in [0.5, 0.6) is 0 Å². The zero-order valence-electron chi connectivity index (χ0n) is 28.9. The van der Waals surface area contributed by atoms with E-state index in [9.17, 15) is 0 Å². The number of aryl methyl sites for hydroxylation is 2. The van der Waals surface area contributed by atoms with E-state index in [2.05, 4.69) is 88.0 Å². The van der Waals surface area contributed by atoms with E-state index in [1.54, 1.807) is 0 Å². The average Bonchev–Trinajstić information content (AvgIpc) is 3.08. The van der Waals surface area contributed by atoms with E-state index in [0.717, 1.165) is 95.2 Å². The second kappa shape index (κ2) is 13.4. The fraction of sp³-hybridized carbons (Fsp3) is 0.417. The van der Waals surface area contributed by atoms with Crippen LogP contribution in [0.3, 0.4) is 0 Å². The smallest absolute Gasteiger partial charge is 0.233 e. The fourth-order valence-electron chi connectivity index (χ4n) is 6.90. The van der Waals surface area contributed by atoms with Gasteiger partial charge >= 0.3 is 0 Å². The maximum atomic E-state index is 4.96. The van der Waals surface area contributed by atoms with Crippen molar-refractivity contribution < 1.29 is 0 Å². The molecule has 5 heterocycles. The first-order valence-corrected chi connectivity index (χ1v) is 16.9. The van der Waals surface area contributed by atoms with Crippen molar-refractivity contribution in [1.29, 1.82) is 0 Å². The third kappa shape index (κ3) is 6.76. The van der Waals surface area contributed by atoms with Crippen LogP contribution in [-0.4, -0.2) is 103 Å². The van der Waals surface area contributed by atoms with Crippen molar-refractivity contribution in [3.8, 4) is 0 Å². The predicted molar refractivity (Wildman–Crippen MR) is 198 cm³/mol. The number of anilines is 7. The van der Waals surface area contributed by atoms with Gasteiger partial charge in [-0.2, -0.15) is 15.0 Å². The van der Waals surface area contributed by atoms with Gasteiger partial charge in [0.25, 0.3) is 0 Å². The van der Waals surface area contributed by atoms with Crippen LogP contribution in [0.25, 0.3) is 21.8 Å². The number of aromatic nitrogens is 5. The molecule has 250 valence electrons. The normalized spacial score (nSPS) is 16.0. The van der Waals surface area contributed by atoms with Gasteiger partial charge in [0.05, 0.1) is 11.0 Å². The number of pyridine rings is 2. The van der Waals surface area contributed by atoms with Crippen molar-refractivity contribution in [2.75, 3.05) is 92.8 Å². The third-order valence-corrected chi connectivity index (χ3v) is 9.35. The topological polar surface area (TPSA) is 114 Å². The molecule has 5 aromatic rings. The molecule has 0 amide bonds. The van der Waals surface area contributed by atoms with Gasteiger partial charge in [-0.1, -0.05) is 0 Å². The number of nitrogens with zero attached hydrogens (tertiary/aromatic N) is 9. The van der Waals surface area contributed by atoms with Crippen molar-refractivity contribution in [1.82, 2.24) is 35.1 Å². The van der Waals surface area contributed by atoms with Crippen LogP contribution in [0.4, 0.5) is 40.6 Å². The summed E-state index contributed by atoms with van der Waals surface area (Å²) in [6, 6.07) is 17.3. The molecule has 2 fully saturated rings. The van der Waals surface area contributed by atoms with Gasteiger partial charge in [0.15, 0.2) is 0 Å². The summed E-state index contributed by atoms with van der Waals surface area (Å²) in [5.74, 6) is 1.64. The maximum Gasteiger partial charge on any atom is 0.233 e. The summed E-state index contributed by atoms with van der Waals surface area (Å²) in [7, 11) is 8.23. The number of benzene rings is 2. The third-order valence-electron chi connectivity index (χ3n) is 9.35. The lowest BCUT2D eigenvalue weighted by Crippen LogP contribution is -2.53. The quantitative estimate of drug-likeness (QED) is 0.209. The lowest BCUT2D eigenvalue weighted by molar-refractivity contribution is 0.153. The van der Waals surface area contributed by atoms with Crippen molar-refractivity contribution in [3.05, 3.63) is 59.9 Å². The van der Waals surface area contributed by atoms with Gasteiger partial charge < -0.3 is 30.7 Å². The molecule has 2 saturated heterocycles. The van der Waals surface area contributed by atoms with E-state index >= 15 is 0 Å². The largest absolute Gasteiger partial charge is 0.377 e. The first kappa shape index (κ1) is 31.8. The van der Waals surface area contributed by atoms with E-state index in [0.29, 0.717) is 23.9 Å². The van der Waals surface area contributed by atoms with E-state index in [4.69, 9.17) is 24.9 Å². The minimum Gasteiger partial charge on any atom is -0.377 e. The van der Waals surface area contributed by atoms with Crippen LogP contribution in [0.15, 0.2) is 48.5 Å². The molecule has 2 aromatic carbocycles. The minimum absolute atomic E-state index is 0.487. The summed E-state index contributed by atoms with van der Waals surface area (Å²) in [6.45, 7) is 9.99. The lowest BCUT2D eigenvalue weighted by atomic mass is 10.0.